The summed E-state index contributed by atoms with van der Waals surface area (Å²) in [5, 5.41) is 2.66. The number of ether oxygens (including phenoxy) is 1. The summed E-state index contributed by atoms with van der Waals surface area (Å²) in [7, 11) is 4.19. The van der Waals surface area contributed by atoms with Gasteiger partial charge in [-0.3, -0.25) is 0 Å². The second-order valence-electron chi connectivity index (χ2n) is 5.03. The van der Waals surface area contributed by atoms with E-state index in [1.165, 1.54) is 24.3 Å². The highest BCUT2D eigenvalue weighted by Gasteiger charge is 2.22. The second kappa shape index (κ2) is 6.34. The number of carbonyl (C=O) groups excluding carboxylic acids is 1. The minimum atomic E-state index is -0.334. The summed E-state index contributed by atoms with van der Waals surface area (Å²) >= 11 is 1.50. The van der Waals surface area contributed by atoms with Crippen molar-refractivity contribution < 1.29 is 9.53 Å². The van der Waals surface area contributed by atoms with Gasteiger partial charge in [-0.1, -0.05) is 0 Å². The van der Waals surface area contributed by atoms with Crippen molar-refractivity contribution in [2.75, 3.05) is 45.2 Å². The van der Waals surface area contributed by atoms with Gasteiger partial charge in [0.15, 0.2) is 10.8 Å². The van der Waals surface area contributed by atoms with Crippen LogP contribution in [0.25, 0.3) is 0 Å². The molecular formula is C13H21N3O2S. The van der Waals surface area contributed by atoms with Gasteiger partial charge < -0.3 is 14.5 Å². The summed E-state index contributed by atoms with van der Waals surface area (Å²) in [6.07, 6.45) is 1.23. The molecule has 0 bridgehead atoms. The van der Waals surface area contributed by atoms with Gasteiger partial charge in [-0.2, -0.15) is 0 Å². The molecule has 6 heteroatoms. The Labute approximate surface area is 118 Å². The van der Waals surface area contributed by atoms with Crippen molar-refractivity contribution in [3.8, 4) is 0 Å². The van der Waals surface area contributed by atoms with Crippen LogP contribution < -0.4 is 4.90 Å². The molecule has 0 N–H and O–H groups in total. The van der Waals surface area contributed by atoms with Crippen LogP contribution in [-0.2, 0) is 4.74 Å². The molecule has 0 saturated carbocycles. The molecule has 2 heterocycles. The van der Waals surface area contributed by atoms with Gasteiger partial charge in [0.2, 0.25) is 0 Å². The predicted molar refractivity (Wildman–Crippen MR) is 76.9 cm³/mol. The van der Waals surface area contributed by atoms with Crippen molar-refractivity contribution in [2.24, 2.45) is 5.92 Å². The lowest BCUT2D eigenvalue weighted by molar-refractivity contribution is 0.0520. The number of esters is 1. The first-order valence-corrected chi connectivity index (χ1v) is 7.50. The standard InChI is InChI=1S/C13H21N3O2S/c1-4-18-12(17)11-9-19-13(14-11)16(3)8-10-5-6-15(2)7-10/h9-10H,4-8H2,1-3H3. The molecule has 1 aliphatic heterocycles. The smallest absolute Gasteiger partial charge is 0.357 e. The summed E-state index contributed by atoms with van der Waals surface area (Å²) in [5.41, 5.74) is 0.414. The highest BCUT2D eigenvalue weighted by molar-refractivity contribution is 7.13. The van der Waals surface area contributed by atoms with Gasteiger partial charge in [-0.25, -0.2) is 9.78 Å². The van der Waals surface area contributed by atoms with Crippen molar-refractivity contribution in [3.63, 3.8) is 0 Å². The Morgan fingerprint density at radius 2 is 2.47 bits per heavy atom. The Morgan fingerprint density at radius 1 is 1.68 bits per heavy atom. The van der Waals surface area contributed by atoms with Gasteiger partial charge in [0.05, 0.1) is 6.61 Å². The Balaban J connectivity index is 1.92. The van der Waals surface area contributed by atoms with Crippen molar-refractivity contribution in [3.05, 3.63) is 11.1 Å². The van der Waals surface area contributed by atoms with Crippen LogP contribution in [0.15, 0.2) is 5.38 Å². The largest absolute Gasteiger partial charge is 0.461 e. The molecule has 0 aliphatic carbocycles. The van der Waals surface area contributed by atoms with E-state index in [9.17, 15) is 4.79 Å². The third-order valence-electron chi connectivity index (χ3n) is 3.32. The van der Waals surface area contributed by atoms with E-state index in [-0.39, 0.29) is 5.97 Å². The second-order valence-corrected chi connectivity index (χ2v) is 5.87. The van der Waals surface area contributed by atoms with Crippen LogP contribution in [0.2, 0.25) is 0 Å². The monoisotopic (exact) mass is 283 g/mol. The Bertz CT molecular complexity index is 435. The molecule has 1 atom stereocenters. The highest BCUT2D eigenvalue weighted by atomic mass is 32.1. The maximum atomic E-state index is 11.6. The van der Waals surface area contributed by atoms with Crippen LogP contribution >= 0.6 is 11.3 Å². The van der Waals surface area contributed by atoms with Crippen molar-refractivity contribution >= 4 is 22.4 Å². The number of thiazole rings is 1. The fraction of sp³-hybridized carbons (Fsp3) is 0.692. The van der Waals surface area contributed by atoms with Gasteiger partial charge in [0.1, 0.15) is 0 Å². The van der Waals surface area contributed by atoms with E-state index in [4.69, 9.17) is 4.74 Å². The number of aromatic nitrogens is 1. The zero-order valence-electron chi connectivity index (χ0n) is 11.8. The molecule has 2 rings (SSSR count). The van der Waals surface area contributed by atoms with Crippen LogP contribution in [0.3, 0.4) is 0 Å². The number of hydrogen-bond donors (Lipinski definition) is 0. The number of likely N-dealkylation sites (tertiary alicyclic amines) is 1. The van der Waals surface area contributed by atoms with E-state index in [0.29, 0.717) is 18.2 Å². The topological polar surface area (TPSA) is 45.7 Å². The van der Waals surface area contributed by atoms with Crippen LogP contribution in [0.4, 0.5) is 5.13 Å². The van der Waals surface area contributed by atoms with Crippen molar-refractivity contribution in [1.82, 2.24) is 9.88 Å². The molecule has 1 saturated heterocycles. The molecule has 0 amide bonds. The Hall–Kier alpha value is -1.14. The minimum Gasteiger partial charge on any atom is -0.461 e. The molecule has 19 heavy (non-hydrogen) atoms. The summed E-state index contributed by atoms with van der Waals surface area (Å²) < 4.78 is 4.95. The lowest BCUT2D eigenvalue weighted by Gasteiger charge is -2.20. The summed E-state index contributed by atoms with van der Waals surface area (Å²) in [5.74, 6) is 0.351. The zero-order valence-corrected chi connectivity index (χ0v) is 12.6. The van der Waals surface area contributed by atoms with E-state index in [1.807, 2.05) is 7.05 Å². The van der Waals surface area contributed by atoms with Crippen LogP contribution in [0.5, 0.6) is 0 Å². The summed E-state index contributed by atoms with van der Waals surface area (Å²) in [4.78, 5) is 20.4. The summed E-state index contributed by atoms with van der Waals surface area (Å²) in [6.45, 7) is 5.48. The van der Waals surface area contributed by atoms with Gasteiger partial charge in [0, 0.05) is 25.5 Å². The van der Waals surface area contributed by atoms with E-state index in [1.54, 1.807) is 12.3 Å². The molecule has 5 nitrogen and oxygen atoms in total. The number of anilines is 1. The van der Waals surface area contributed by atoms with Crippen LogP contribution in [0, 0.1) is 5.92 Å². The predicted octanol–water partition coefficient (Wildman–Crippen LogP) is 1.71. The van der Waals surface area contributed by atoms with Gasteiger partial charge in [-0.05, 0) is 32.9 Å². The Kier molecular flexibility index (Phi) is 4.76. The lowest BCUT2D eigenvalue weighted by Crippen LogP contribution is -2.27. The normalized spacial score (nSPS) is 19.6. The average molecular weight is 283 g/mol. The number of nitrogens with zero attached hydrogens (tertiary/aromatic N) is 3. The molecule has 1 aliphatic rings. The van der Waals surface area contributed by atoms with Gasteiger partial charge in [0.25, 0.3) is 0 Å². The molecular weight excluding hydrogens is 262 g/mol. The third kappa shape index (κ3) is 3.67. The molecule has 1 unspecified atom stereocenters. The van der Waals surface area contributed by atoms with Crippen LogP contribution in [-0.4, -0.2) is 56.2 Å². The highest BCUT2D eigenvalue weighted by Crippen LogP contribution is 2.23. The molecule has 0 aromatic carbocycles. The van der Waals surface area contributed by atoms with E-state index < -0.39 is 0 Å². The number of rotatable bonds is 5. The molecule has 1 aromatic heterocycles. The van der Waals surface area contributed by atoms with Gasteiger partial charge >= 0.3 is 5.97 Å². The van der Waals surface area contributed by atoms with Crippen molar-refractivity contribution in [2.45, 2.75) is 13.3 Å². The Morgan fingerprint density at radius 3 is 3.11 bits per heavy atom. The van der Waals surface area contributed by atoms with Crippen LogP contribution in [0.1, 0.15) is 23.8 Å². The van der Waals surface area contributed by atoms with E-state index >= 15 is 0 Å². The quantitative estimate of drug-likeness (QED) is 0.770. The number of hydrogen-bond acceptors (Lipinski definition) is 6. The van der Waals surface area contributed by atoms with Crippen molar-refractivity contribution in [1.29, 1.82) is 0 Å². The first-order valence-electron chi connectivity index (χ1n) is 6.62. The SMILES string of the molecule is CCOC(=O)c1csc(N(C)CC2CCN(C)C2)n1. The fourth-order valence-corrected chi connectivity index (χ4v) is 3.15. The maximum absolute atomic E-state index is 11.6. The molecule has 1 aromatic rings. The molecule has 106 valence electrons. The number of carbonyl (C=O) groups is 1. The molecule has 0 spiro atoms. The minimum absolute atomic E-state index is 0.334. The first-order chi connectivity index (χ1) is 9.10. The zero-order chi connectivity index (χ0) is 13.8. The fourth-order valence-electron chi connectivity index (χ4n) is 2.38. The van der Waals surface area contributed by atoms with Gasteiger partial charge in [-0.15, -0.1) is 11.3 Å². The van der Waals surface area contributed by atoms with E-state index in [0.717, 1.165) is 18.2 Å². The molecule has 1 fully saturated rings. The van der Waals surface area contributed by atoms with E-state index in [2.05, 4.69) is 21.8 Å². The summed E-state index contributed by atoms with van der Waals surface area (Å²) in [6, 6.07) is 0. The maximum Gasteiger partial charge on any atom is 0.357 e. The first kappa shape index (κ1) is 14.3. The molecule has 0 radical (unpaired) electrons. The lowest BCUT2D eigenvalue weighted by atomic mass is 10.1. The average Bonchev–Trinajstić information content (AvgIpc) is 2.98. The third-order valence-corrected chi connectivity index (χ3v) is 4.28.